The van der Waals surface area contributed by atoms with E-state index in [9.17, 15) is 19.6 Å². The van der Waals surface area contributed by atoms with Crippen LogP contribution in [0.25, 0.3) is 10.2 Å². The van der Waals surface area contributed by atoms with Crippen molar-refractivity contribution in [2.45, 2.75) is 31.7 Å². The van der Waals surface area contributed by atoms with Gasteiger partial charge in [-0.3, -0.25) is 9.59 Å². The highest BCUT2D eigenvalue weighted by Crippen LogP contribution is 2.31. The van der Waals surface area contributed by atoms with Crippen LogP contribution in [0.4, 0.5) is 4.79 Å². The smallest absolute Gasteiger partial charge is 0.333 e. The number of rotatable bonds is 8. The number of aromatic nitrogens is 1. The largest absolute Gasteiger partial charge is 0.334 e. The number of nitrogens with one attached hydrogen (secondary N) is 1. The zero-order valence-corrected chi connectivity index (χ0v) is 24.8. The molecule has 1 unspecified atom stereocenters. The van der Waals surface area contributed by atoms with Crippen molar-refractivity contribution in [2.75, 3.05) is 19.6 Å². The Hall–Kier alpha value is -5.05. The molecule has 1 N–H and O–H groups in total. The zero-order valence-electron chi connectivity index (χ0n) is 24.0. The minimum absolute atomic E-state index is 0.0729. The van der Waals surface area contributed by atoms with Crippen LogP contribution < -0.4 is 5.32 Å². The van der Waals surface area contributed by atoms with E-state index in [0.717, 1.165) is 26.9 Å². The number of thiazole rings is 1. The average Bonchev–Trinajstić information content (AvgIpc) is 3.53. The van der Waals surface area contributed by atoms with Crippen LogP contribution in [0.2, 0.25) is 0 Å². The molecule has 2 aliphatic rings. The summed E-state index contributed by atoms with van der Waals surface area (Å²) in [5.74, 6) is -0.440. The van der Waals surface area contributed by atoms with E-state index in [1.807, 2.05) is 48.5 Å². The fourth-order valence-corrected chi connectivity index (χ4v) is 6.64. The maximum Gasteiger partial charge on any atom is 0.334 e. The first kappa shape index (κ1) is 29.0. The minimum Gasteiger partial charge on any atom is -0.333 e. The lowest BCUT2D eigenvalue weighted by Gasteiger charge is -2.55. The molecule has 4 amide bonds. The number of nitrogens with zero attached hydrogens (tertiary/aromatic N) is 6. The number of hydrogen-bond donors (Lipinski definition) is 1. The summed E-state index contributed by atoms with van der Waals surface area (Å²) in [6.45, 7) is 4.77. The normalized spacial score (nSPS) is 18.7. The SMILES string of the molecule is C=CCN1CC(=O)N2C(CN(Cc3cccc4scnc34)C(=O)[C@@H]2Cc2ccc(C#N)cc2)N1C(=O)NCc1ccccc1. The zero-order chi connectivity index (χ0) is 30.6. The molecule has 2 atom stereocenters. The molecule has 44 heavy (non-hydrogen) atoms. The maximum absolute atomic E-state index is 14.2. The predicted octanol–water partition coefficient (Wildman–Crippen LogP) is 3.90. The van der Waals surface area contributed by atoms with E-state index in [0.29, 0.717) is 12.1 Å². The van der Waals surface area contributed by atoms with Crippen LogP contribution in [-0.4, -0.2) is 74.5 Å². The summed E-state index contributed by atoms with van der Waals surface area (Å²) in [6.07, 6.45) is 1.15. The van der Waals surface area contributed by atoms with E-state index < -0.39 is 12.2 Å². The Morgan fingerprint density at radius 2 is 1.86 bits per heavy atom. The Morgan fingerprint density at radius 1 is 1.07 bits per heavy atom. The third-order valence-corrected chi connectivity index (χ3v) is 8.78. The lowest BCUT2D eigenvalue weighted by molar-refractivity contribution is -0.189. The van der Waals surface area contributed by atoms with Crippen LogP contribution in [0.5, 0.6) is 0 Å². The van der Waals surface area contributed by atoms with Gasteiger partial charge in [0.2, 0.25) is 11.8 Å². The molecule has 1 aromatic heterocycles. The van der Waals surface area contributed by atoms with E-state index in [1.165, 1.54) is 11.3 Å². The molecule has 3 aromatic carbocycles. The second kappa shape index (κ2) is 12.7. The molecule has 2 fully saturated rings. The van der Waals surface area contributed by atoms with Crippen molar-refractivity contribution >= 4 is 39.4 Å². The average molecular weight is 606 g/mol. The van der Waals surface area contributed by atoms with Crippen molar-refractivity contribution in [3.8, 4) is 6.07 Å². The molecule has 0 saturated carbocycles. The first-order valence-corrected chi connectivity index (χ1v) is 15.2. The van der Waals surface area contributed by atoms with Crippen LogP contribution in [0, 0.1) is 11.3 Å². The summed E-state index contributed by atoms with van der Waals surface area (Å²) in [4.78, 5) is 49.8. The summed E-state index contributed by atoms with van der Waals surface area (Å²) in [5.41, 5.74) is 5.78. The highest BCUT2D eigenvalue weighted by atomic mass is 32.1. The first-order chi connectivity index (χ1) is 21.5. The quantitative estimate of drug-likeness (QED) is 0.305. The van der Waals surface area contributed by atoms with Gasteiger partial charge >= 0.3 is 6.03 Å². The fraction of sp³-hybridized carbons (Fsp3) is 0.242. The molecule has 0 spiro atoms. The molecule has 6 rings (SSSR count). The lowest BCUT2D eigenvalue weighted by Crippen LogP contribution is -2.76. The second-order valence-electron chi connectivity index (χ2n) is 10.8. The molecular weight excluding hydrogens is 574 g/mol. The van der Waals surface area contributed by atoms with Crippen molar-refractivity contribution in [2.24, 2.45) is 0 Å². The van der Waals surface area contributed by atoms with Gasteiger partial charge in [-0.05, 0) is 34.9 Å². The number of hydrogen-bond acceptors (Lipinski definition) is 7. The Morgan fingerprint density at radius 3 is 2.61 bits per heavy atom. The van der Waals surface area contributed by atoms with Crippen LogP contribution in [-0.2, 0) is 29.1 Å². The molecule has 0 bridgehead atoms. The van der Waals surface area contributed by atoms with Crippen LogP contribution in [0.1, 0.15) is 22.3 Å². The van der Waals surface area contributed by atoms with Crippen molar-refractivity contribution in [1.29, 1.82) is 5.26 Å². The number of benzene rings is 3. The highest BCUT2D eigenvalue weighted by molar-refractivity contribution is 7.16. The van der Waals surface area contributed by atoms with Crippen molar-refractivity contribution in [1.82, 2.24) is 30.1 Å². The van der Waals surface area contributed by atoms with Crippen molar-refractivity contribution in [3.63, 3.8) is 0 Å². The van der Waals surface area contributed by atoms with Gasteiger partial charge in [0, 0.05) is 26.1 Å². The summed E-state index contributed by atoms with van der Waals surface area (Å²) in [6, 6.07) is 23.4. The molecule has 11 heteroatoms. The molecule has 4 aromatic rings. The van der Waals surface area contributed by atoms with Gasteiger partial charge in [0.15, 0.2) is 0 Å². The van der Waals surface area contributed by atoms with Gasteiger partial charge in [-0.15, -0.1) is 17.9 Å². The Kier molecular flexibility index (Phi) is 8.36. The van der Waals surface area contributed by atoms with Gasteiger partial charge in [0.25, 0.3) is 0 Å². The van der Waals surface area contributed by atoms with E-state index in [-0.39, 0.29) is 50.4 Å². The Bertz CT molecular complexity index is 1730. The predicted molar refractivity (Wildman–Crippen MR) is 167 cm³/mol. The molecule has 222 valence electrons. The van der Waals surface area contributed by atoms with Crippen LogP contribution in [0.3, 0.4) is 0 Å². The van der Waals surface area contributed by atoms with Gasteiger partial charge in [-0.25, -0.2) is 19.8 Å². The number of carbonyl (C=O) groups is 3. The molecule has 2 saturated heterocycles. The topological polar surface area (TPSA) is 113 Å². The monoisotopic (exact) mass is 605 g/mol. The fourth-order valence-electron chi connectivity index (χ4n) is 5.92. The highest BCUT2D eigenvalue weighted by Gasteiger charge is 2.51. The van der Waals surface area contributed by atoms with Gasteiger partial charge < -0.3 is 15.1 Å². The number of piperazine rings is 1. The van der Waals surface area contributed by atoms with E-state index in [2.05, 4.69) is 22.9 Å². The number of nitriles is 1. The summed E-state index contributed by atoms with van der Waals surface area (Å²) in [7, 11) is 0. The van der Waals surface area contributed by atoms with E-state index in [1.54, 1.807) is 55.7 Å². The number of fused-ring (bicyclic) bond motifs is 2. The van der Waals surface area contributed by atoms with E-state index in [4.69, 9.17) is 0 Å². The summed E-state index contributed by atoms with van der Waals surface area (Å²) in [5, 5.41) is 15.5. The molecule has 0 aliphatic carbocycles. The van der Waals surface area contributed by atoms with Gasteiger partial charge in [0.05, 0.1) is 40.4 Å². The van der Waals surface area contributed by atoms with Crippen molar-refractivity contribution in [3.05, 3.63) is 113 Å². The van der Waals surface area contributed by atoms with Crippen LogP contribution >= 0.6 is 11.3 Å². The number of amides is 4. The molecule has 3 heterocycles. The van der Waals surface area contributed by atoms with E-state index >= 15 is 0 Å². The van der Waals surface area contributed by atoms with Gasteiger partial charge in [0.1, 0.15) is 12.2 Å². The molecular formula is C33H31N7O3S. The van der Waals surface area contributed by atoms with Gasteiger partial charge in [-0.1, -0.05) is 60.7 Å². The number of para-hydroxylation sites is 1. The molecule has 10 nitrogen and oxygen atoms in total. The van der Waals surface area contributed by atoms with Crippen molar-refractivity contribution < 1.29 is 14.4 Å². The second-order valence-corrected chi connectivity index (χ2v) is 11.7. The lowest BCUT2D eigenvalue weighted by atomic mass is 9.97. The Labute approximate surface area is 259 Å². The first-order valence-electron chi connectivity index (χ1n) is 14.3. The third-order valence-electron chi connectivity index (χ3n) is 7.98. The molecule has 2 aliphatic heterocycles. The number of urea groups is 1. The standard InChI is InChI=1S/C33H31N7O3S/c1-2-15-38-21-30(41)39-27(16-23-11-13-24(17-34)14-12-23)32(42)37(19-26-9-6-10-28-31(26)36-22-44-28)20-29(39)40(38)33(43)35-18-25-7-4-3-5-8-25/h2-14,22,27,29H,1,15-16,18-21H2,(H,35,43)/t27-,29?/m0/s1. The maximum atomic E-state index is 14.2. The number of carbonyl (C=O) groups excluding carboxylic acids is 3. The Balaban J connectivity index is 1.36. The summed E-state index contributed by atoms with van der Waals surface area (Å²) < 4.78 is 1.02. The third kappa shape index (κ3) is 5.77. The van der Waals surface area contributed by atoms with Gasteiger partial charge in [-0.2, -0.15) is 5.26 Å². The molecule has 0 radical (unpaired) electrons. The number of hydrazine groups is 1. The summed E-state index contributed by atoms with van der Waals surface area (Å²) >= 11 is 1.53. The minimum atomic E-state index is -0.848. The van der Waals surface area contributed by atoms with Crippen LogP contribution in [0.15, 0.2) is 91.0 Å².